The number of hydrogen-bond donors (Lipinski definition) is 1. The van der Waals surface area contributed by atoms with Gasteiger partial charge in [-0.15, -0.1) is 0 Å². The fourth-order valence-electron chi connectivity index (χ4n) is 1.77. The third kappa shape index (κ3) is 5.44. The lowest BCUT2D eigenvalue weighted by atomic mass is 10.2. The zero-order chi connectivity index (χ0) is 16.8. The smallest absolute Gasteiger partial charge is 0.236 e. The molecule has 0 spiro atoms. The predicted octanol–water partition coefficient (Wildman–Crippen LogP) is 4.40. The number of hydrazone groups is 1. The number of halogens is 3. The van der Waals surface area contributed by atoms with Gasteiger partial charge in [0.15, 0.2) is 0 Å². The van der Waals surface area contributed by atoms with Gasteiger partial charge in [0, 0.05) is 6.92 Å². The van der Waals surface area contributed by atoms with E-state index in [1.807, 2.05) is 0 Å². The van der Waals surface area contributed by atoms with E-state index in [0.29, 0.717) is 14.7 Å². The van der Waals surface area contributed by atoms with Crippen molar-refractivity contribution >= 4 is 44.0 Å². The number of carbonyl (C=O) groups is 1. The van der Waals surface area contributed by atoms with Crippen molar-refractivity contribution in [1.29, 1.82) is 0 Å². The van der Waals surface area contributed by atoms with Crippen LogP contribution in [0.15, 0.2) is 50.4 Å². The molecule has 0 saturated heterocycles. The molecule has 0 aliphatic rings. The van der Waals surface area contributed by atoms with Gasteiger partial charge in [-0.25, -0.2) is 9.82 Å². The van der Waals surface area contributed by atoms with E-state index in [0.717, 1.165) is 11.1 Å². The van der Waals surface area contributed by atoms with Crippen molar-refractivity contribution in [3.63, 3.8) is 0 Å². The first-order valence-electron chi connectivity index (χ1n) is 6.61. The van der Waals surface area contributed by atoms with E-state index in [1.165, 1.54) is 25.3 Å². The van der Waals surface area contributed by atoms with E-state index in [9.17, 15) is 9.18 Å². The first-order chi connectivity index (χ1) is 11.0. The van der Waals surface area contributed by atoms with Gasteiger partial charge in [0.2, 0.25) is 5.91 Å². The van der Waals surface area contributed by atoms with Crippen LogP contribution in [0.4, 0.5) is 4.39 Å². The predicted molar refractivity (Wildman–Crippen MR) is 94.0 cm³/mol. The van der Waals surface area contributed by atoms with Gasteiger partial charge in [0.25, 0.3) is 0 Å². The summed E-state index contributed by atoms with van der Waals surface area (Å²) >= 11 is 6.86. The second kappa shape index (κ2) is 8.21. The van der Waals surface area contributed by atoms with Crippen molar-refractivity contribution in [2.45, 2.75) is 13.5 Å². The molecular weight excluding hydrogens is 431 g/mol. The van der Waals surface area contributed by atoms with Crippen LogP contribution in [0.5, 0.6) is 5.75 Å². The zero-order valence-electron chi connectivity index (χ0n) is 12.1. The monoisotopic (exact) mass is 442 g/mol. The minimum absolute atomic E-state index is 0.241. The SMILES string of the molecule is CC(=O)N/N=C\c1cc(Br)c(OCc2cccc(F)c2)c(Br)c1. The lowest BCUT2D eigenvalue weighted by molar-refractivity contribution is -0.118. The lowest BCUT2D eigenvalue weighted by Crippen LogP contribution is -2.12. The summed E-state index contributed by atoms with van der Waals surface area (Å²) in [6.07, 6.45) is 1.52. The van der Waals surface area contributed by atoms with E-state index >= 15 is 0 Å². The van der Waals surface area contributed by atoms with Gasteiger partial charge in [-0.3, -0.25) is 4.79 Å². The number of benzene rings is 2. The van der Waals surface area contributed by atoms with Crippen molar-refractivity contribution in [3.05, 3.63) is 62.3 Å². The van der Waals surface area contributed by atoms with E-state index < -0.39 is 0 Å². The third-order valence-corrected chi connectivity index (χ3v) is 3.91. The normalized spacial score (nSPS) is 10.8. The summed E-state index contributed by atoms with van der Waals surface area (Å²) in [5, 5.41) is 3.81. The quantitative estimate of drug-likeness (QED) is 0.550. The molecule has 7 heteroatoms. The molecule has 23 heavy (non-hydrogen) atoms. The van der Waals surface area contributed by atoms with E-state index in [2.05, 4.69) is 42.4 Å². The maximum atomic E-state index is 13.2. The maximum absolute atomic E-state index is 13.2. The molecule has 0 atom stereocenters. The Labute approximate surface area is 150 Å². The number of carbonyl (C=O) groups excluding carboxylic acids is 1. The summed E-state index contributed by atoms with van der Waals surface area (Å²) in [6, 6.07) is 9.85. The highest BCUT2D eigenvalue weighted by Crippen LogP contribution is 2.35. The molecule has 0 aliphatic heterocycles. The largest absolute Gasteiger partial charge is 0.487 e. The number of ether oxygens (including phenoxy) is 1. The van der Waals surface area contributed by atoms with Crippen LogP contribution >= 0.6 is 31.9 Å². The molecule has 2 aromatic carbocycles. The Morgan fingerprint density at radius 2 is 2.00 bits per heavy atom. The fraction of sp³-hybridized carbons (Fsp3) is 0.125. The number of hydrogen-bond acceptors (Lipinski definition) is 3. The molecule has 0 fully saturated rings. The molecule has 0 unspecified atom stereocenters. The highest BCUT2D eigenvalue weighted by atomic mass is 79.9. The minimum atomic E-state index is -0.297. The van der Waals surface area contributed by atoms with Gasteiger partial charge < -0.3 is 4.74 Å². The summed E-state index contributed by atoms with van der Waals surface area (Å²) in [6.45, 7) is 1.63. The molecular formula is C16H13Br2FN2O2. The van der Waals surface area contributed by atoms with Gasteiger partial charge in [0.05, 0.1) is 15.2 Å². The molecule has 0 radical (unpaired) electrons. The second-order valence-electron chi connectivity index (χ2n) is 4.66. The second-order valence-corrected chi connectivity index (χ2v) is 6.37. The summed E-state index contributed by atoms with van der Waals surface area (Å²) in [4.78, 5) is 10.8. The highest BCUT2D eigenvalue weighted by Gasteiger charge is 2.09. The van der Waals surface area contributed by atoms with Gasteiger partial charge >= 0.3 is 0 Å². The highest BCUT2D eigenvalue weighted by molar-refractivity contribution is 9.11. The molecule has 4 nitrogen and oxygen atoms in total. The van der Waals surface area contributed by atoms with Crippen LogP contribution in [0.1, 0.15) is 18.1 Å². The van der Waals surface area contributed by atoms with Crippen LogP contribution in [0.3, 0.4) is 0 Å². The van der Waals surface area contributed by atoms with Gasteiger partial charge in [-0.05, 0) is 67.3 Å². The standard InChI is InChI=1S/C16H13Br2FN2O2/c1-10(22)21-20-8-12-6-14(17)16(15(18)7-12)23-9-11-3-2-4-13(19)5-11/h2-8H,9H2,1H3,(H,21,22)/b20-8-. The Kier molecular flexibility index (Phi) is 6.29. The Bertz CT molecular complexity index is 728. The van der Waals surface area contributed by atoms with Crippen molar-refractivity contribution in [2.75, 3.05) is 0 Å². The number of nitrogens with zero attached hydrogens (tertiary/aromatic N) is 1. The van der Waals surface area contributed by atoms with E-state index in [4.69, 9.17) is 4.74 Å². The van der Waals surface area contributed by atoms with Gasteiger partial charge in [0.1, 0.15) is 18.2 Å². The van der Waals surface area contributed by atoms with Crippen LogP contribution in [-0.4, -0.2) is 12.1 Å². The summed E-state index contributed by atoms with van der Waals surface area (Å²) < 4.78 is 20.3. The Balaban J connectivity index is 2.11. The average molecular weight is 444 g/mol. The van der Waals surface area contributed by atoms with Crippen LogP contribution in [-0.2, 0) is 11.4 Å². The van der Waals surface area contributed by atoms with Crippen LogP contribution < -0.4 is 10.2 Å². The van der Waals surface area contributed by atoms with Crippen molar-refractivity contribution < 1.29 is 13.9 Å². The van der Waals surface area contributed by atoms with E-state index in [1.54, 1.807) is 24.3 Å². The molecule has 2 rings (SSSR count). The Morgan fingerprint density at radius 1 is 1.30 bits per heavy atom. The number of nitrogens with one attached hydrogen (secondary N) is 1. The zero-order valence-corrected chi connectivity index (χ0v) is 15.3. The van der Waals surface area contributed by atoms with Crippen molar-refractivity contribution in [3.8, 4) is 5.75 Å². The molecule has 0 aliphatic carbocycles. The van der Waals surface area contributed by atoms with Crippen LogP contribution in [0, 0.1) is 5.82 Å². The Morgan fingerprint density at radius 3 is 2.61 bits per heavy atom. The molecule has 0 bridgehead atoms. The van der Waals surface area contributed by atoms with E-state index in [-0.39, 0.29) is 18.3 Å². The van der Waals surface area contributed by atoms with Crippen LogP contribution in [0.25, 0.3) is 0 Å². The Hall–Kier alpha value is -1.73. The van der Waals surface area contributed by atoms with Crippen LogP contribution in [0.2, 0.25) is 0 Å². The third-order valence-electron chi connectivity index (χ3n) is 2.73. The number of amides is 1. The minimum Gasteiger partial charge on any atom is -0.487 e. The van der Waals surface area contributed by atoms with Gasteiger partial charge in [-0.2, -0.15) is 5.10 Å². The fourth-order valence-corrected chi connectivity index (χ4v) is 3.22. The summed E-state index contributed by atoms with van der Waals surface area (Å²) in [5.74, 6) is 0.0640. The summed E-state index contributed by atoms with van der Waals surface area (Å²) in [7, 11) is 0. The molecule has 1 amide bonds. The molecule has 120 valence electrons. The lowest BCUT2D eigenvalue weighted by Gasteiger charge is -2.11. The van der Waals surface area contributed by atoms with Crippen molar-refractivity contribution in [2.24, 2.45) is 5.10 Å². The first-order valence-corrected chi connectivity index (χ1v) is 8.20. The number of rotatable bonds is 5. The molecule has 0 heterocycles. The molecule has 1 N–H and O–H groups in total. The molecule has 2 aromatic rings. The van der Waals surface area contributed by atoms with Gasteiger partial charge in [-0.1, -0.05) is 12.1 Å². The summed E-state index contributed by atoms with van der Waals surface area (Å²) in [5.41, 5.74) is 3.84. The topological polar surface area (TPSA) is 50.7 Å². The first kappa shape index (κ1) is 17.6. The molecule has 0 saturated carbocycles. The molecule has 0 aromatic heterocycles. The van der Waals surface area contributed by atoms with Crippen molar-refractivity contribution in [1.82, 2.24) is 5.43 Å². The maximum Gasteiger partial charge on any atom is 0.236 e. The average Bonchev–Trinajstić information content (AvgIpc) is 2.46.